The Bertz CT molecular complexity index is 559. The van der Waals surface area contributed by atoms with Gasteiger partial charge in [0.1, 0.15) is 0 Å². The molecule has 6 heteroatoms. The van der Waals surface area contributed by atoms with Crippen LogP contribution in [0.4, 0.5) is 5.69 Å². The first kappa shape index (κ1) is 18.7. The van der Waals surface area contributed by atoms with Gasteiger partial charge < -0.3 is 5.32 Å². The molecule has 0 atom stereocenters. The molecule has 0 aromatic heterocycles. The van der Waals surface area contributed by atoms with Crippen molar-refractivity contribution in [2.45, 2.75) is 47.0 Å². The van der Waals surface area contributed by atoms with Crippen LogP contribution in [-0.4, -0.2) is 17.7 Å². The van der Waals surface area contributed by atoms with E-state index in [2.05, 4.69) is 16.2 Å². The number of anilines is 1. The third-order valence-corrected chi connectivity index (χ3v) is 3.16. The Morgan fingerprint density at radius 2 is 1.61 bits per heavy atom. The van der Waals surface area contributed by atoms with Crippen molar-refractivity contribution in [3.8, 4) is 0 Å². The number of rotatable bonds is 5. The second-order valence-electron chi connectivity index (χ2n) is 6.39. The Balaban J connectivity index is 2.54. The van der Waals surface area contributed by atoms with Crippen LogP contribution in [0.25, 0.3) is 0 Å². The largest absolute Gasteiger partial charge is 0.326 e. The normalized spacial score (nSPS) is 10.8. The fraction of sp³-hybridized carbons (Fsp3) is 0.471. The average Bonchev–Trinajstić information content (AvgIpc) is 2.50. The zero-order valence-electron chi connectivity index (χ0n) is 14.2. The van der Waals surface area contributed by atoms with Crippen molar-refractivity contribution in [1.82, 2.24) is 10.9 Å². The van der Waals surface area contributed by atoms with Crippen molar-refractivity contribution in [1.29, 1.82) is 0 Å². The molecule has 0 saturated carbocycles. The van der Waals surface area contributed by atoms with Gasteiger partial charge in [0.05, 0.1) is 0 Å². The monoisotopic (exact) mass is 319 g/mol. The lowest BCUT2D eigenvalue weighted by atomic mass is 9.96. The van der Waals surface area contributed by atoms with Crippen LogP contribution in [0.15, 0.2) is 24.3 Å². The quantitative estimate of drug-likeness (QED) is 0.729. The number of carbonyl (C=O) groups is 3. The number of carbonyl (C=O) groups excluding carboxylic acids is 3. The van der Waals surface area contributed by atoms with E-state index in [0.29, 0.717) is 17.7 Å². The van der Waals surface area contributed by atoms with E-state index in [1.807, 2.05) is 6.92 Å². The van der Waals surface area contributed by atoms with Gasteiger partial charge in [0.2, 0.25) is 11.8 Å². The molecule has 1 rings (SSSR count). The first-order valence-electron chi connectivity index (χ1n) is 7.74. The molecule has 3 N–H and O–H groups in total. The number of hydrogen-bond acceptors (Lipinski definition) is 3. The molecule has 0 spiro atoms. The molecule has 3 amide bonds. The molecular weight excluding hydrogens is 294 g/mol. The fourth-order valence-electron chi connectivity index (χ4n) is 1.64. The van der Waals surface area contributed by atoms with Gasteiger partial charge in [-0.15, -0.1) is 0 Å². The van der Waals surface area contributed by atoms with Crippen molar-refractivity contribution in [2.24, 2.45) is 5.41 Å². The molecule has 0 aliphatic rings. The van der Waals surface area contributed by atoms with Gasteiger partial charge in [-0.3, -0.25) is 25.2 Å². The van der Waals surface area contributed by atoms with Gasteiger partial charge in [-0.1, -0.05) is 34.1 Å². The van der Waals surface area contributed by atoms with Crippen LogP contribution >= 0.6 is 0 Å². The molecule has 0 aliphatic carbocycles. The molecule has 0 heterocycles. The maximum atomic E-state index is 11.9. The average molecular weight is 319 g/mol. The molecular formula is C17H25N3O3. The topological polar surface area (TPSA) is 87.3 Å². The van der Waals surface area contributed by atoms with E-state index in [1.165, 1.54) is 0 Å². The number of benzene rings is 1. The summed E-state index contributed by atoms with van der Waals surface area (Å²) in [6.07, 6.45) is 2.30. The predicted molar refractivity (Wildman–Crippen MR) is 89.7 cm³/mol. The van der Waals surface area contributed by atoms with E-state index in [0.717, 1.165) is 12.8 Å². The number of unbranched alkanes of at least 4 members (excludes halogenated alkanes) is 1. The molecule has 0 radical (unpaired) electrons. The van der Waals surface area contributed by atoms with Crippen LogP contribution in [0.1, 0.15) is 57.3 Å². The lowest BCUT2D eigenvalue weighted by Gasteiger charge is -2.17. The van der Waals surface area contributed by atoms with Crippen molar-refractivity contribution in [3.05, 3.63) is 29.8 Å². The summed E-state index contributed by atoms with van der Waals surface area (Å²) >= 11 is 0. The Morgan fingerprint density at radius 1 is 1.00 bits per heavy atom. The summed E-state index contributed by atoms with van der Waals surface area (Å²) in [4.78, 5) is 35.3. The van der Waals surface area contributed by atoms with Gasteiger partial charge in [0.15, 0.2) is 0 Å². The molecule has 6 nitrogen and oxygen atoms in total. The summed E-state index contributed by atoms with van der Waals surface area (Å²) < 4.78 is 0. The molecule has 0 saturated heterocycles. The summed E-state index contributed by atoms with van der Waals surface area (Å²) in [5.74, 6) is -0.724. The van der Waals surface area contributed by atoms with Crippen LogP contribution in [0, 0.1) is 5.41 Å². The Hall–Kier alpha value is -2.37. The van der Waals surface area contributed by atoms with Crippen molar-refractivity contribution in [2.75, 3.05) is 5.32 Å². The van der Waals surface area contributed by atoms with E-state index in [4.69, 9.17) is 0 Å². The van der Waals surface area contributed by atoms with Gasteiger partial charge in [0, 0.05) is 23.1 Å². The number of hydrazine groups is 1. The first-order valence-corrected chi connectivity index (χ1v) is 7.74. The van der Waals surface area contributed by atoms with Gasteiger partial charge >= 0.3 is 0 Å². The van der Waals surface area contributed by atoms with Crippen LogP contribution in [0.2, 0.25) is 0 Å². The first-order chi connectivity index (χ1) is 10.7. The van der Waals surface area contributed by atoms with Crippen LogP contribution < -0.4 is 16.2 Å². The molecule has 0 aliphatic heterocycles. The highest BCUT2D eigenvalue weighted by Crippen LogP contribution is 2.12. The summed E-state index contributed by atoms with van der Waals surface area (Å²) in [6, 6.07) is 6.50. The summed E-state index contributed by atoms with van der Waals surface area (Å²) in [7, 11) is 0. The number of amides is 3. The Kier molecular flexibility index (Phi) is 6.75. The van der Waals surface area contributed by atoms with Crippen molar-refractivity contribution >= 4 is 23.4 Å². The second-order valence-corrected chi connectivity index (χ2v) is 6.39. The lowest BCUT2D eigenvalue weighted by Crippen LogP contribution is -2.46. The molecule has 0 fully saturated rings. The van der Waals surface area contributed by atoms with Gasteiger partial charge in [-0.25, -0.2) is 0 Å². The zero-order valence-corrected chi connectivity index (χ0v) is 14.2. The van der Waals surface area contributed by atoms with E-state index in [1.54, 1.807) is 45.0 Å². The second kappa shape index (κ2) is 8.31. The highest BCUT2D eigenvalue weighted by atomic mass is 16.2. The highest BCUT2D eigenvalue weighted by molar-refractivity contribution is 5.97. The van der Waals surface area contributed by atoms with Gasteiger partial charge in [0.25, 0.3) is 5.91 Å². The lowest BCUT2D eigenvalue weighted by molar-refractivity contribution is -0.129. The minimum Gasteiger partial charge on any atom is -0.326 e. The fourth-order valence-corrected chi connectivity index (χ4v) is 1.64. The number of nitrogens with one attached hydrogen (secondary N) is 3. The molecule has 1 aromatic rings. The molecule has 126 valence electrons. The van der Waals surface area contributed by atoms with E-state index in [9.17, 15) is 14.4 Å². The van der Waals surface area contributed by atoms with Gasteiger partial charge in [-0.05, 0) is 30.7 Å². The summed E-state index contributed by atoms with van der Waals surface area (Å²) in [5.41, 5.74) is 5.20. The standard InChI is InChI=1S/C17H25N3O3/c1-5-6-7-14(21)18-13-10-8-12(9-11-13)15(22)19-20-16(23)17(2,3)4/h8-11H,5-7H2,1-4H3,(H,18,21)(H,19,22)(H,20,23). The van der Waals surface area contributed by atoms with Crippen LogP contribution in [0.5, 0.6) is 0 Å². The third-order valence-electron chi connectivity index (χ3n) is 3.16. The molecule has 0 unspecified atom stereocenters. The maximum absolute atomic E-state index is 11.9. The minimum absolute atomic E-state index is 0.0403. The predicted octanol–water partition coefficient (Wildman–Crippen LogP) is 2.62. The zero-order chi connectivity index (χ0) is 17.5. The van der Waals surface area contributed by atoms with E-state index < -0.39 is 11.3 Å². The molecule has 0 bridgehead atoms. The minimum atomic E-state index is -0.583. The van der Waals surface area contributed by atoms with Crippen LogP contribution in [-0.2, 0) is 9.59 Å². The van der Waals surface area contributed by atoms with E-state index >= 15 is 0 Å². The highest BCUT2D eigenvalue weighted by Gasteiger charge is 2.21. The molecule has 23 heavy (non-hydrogen) atoms. The number of hydrogen-bond donors (Lipinski definition) is 3. The van der Waals surface area contributed by atoms with Gasteiger partial charge in [-0.2, -0.15) is 0 Å². The smallest absolute Gasteiger partial charge is 0.269 e. The summed E-state index contributed by atoms with van der Waals surface area (Å²) in [6.45, 7) is 7.29. The molecule has 1 aromatic carbocycles. The van der Waals surface area contributed by atoms with E-state index in [-0.39, 0.29) is 11.8 Å². The van der Waals surface area contributed by atoms with Crippen molar-refractivity contribution in [3.63, 3.8) is 0 Å². The Morgan fingerprint density at radius 3 is 2.13 bits per heavy atom. The Labute approximate surface area is 137 Å². The van der Waals surface area contributed by atoms with Crippen molar-refractivity contribution < 1.29 is 14.4 Å². The maximum Gasteiger partial charge on any atom is 0.269 e. The van der Waals surface area contributed by atoms with Crippen LogP contribution in [0.3, 0.4) is 0 Å². The third kappa shape index (κ3) is 6.50. The SMILES string of the molecule is CCCCC(=O)Nc1ccc(C(=O)NNC(=O)C(C)(C)C)cc1. The summed E-state index contributed by atoms with van der Waals surface area (Å²) in [5, 5.41) is 2.77.